The average molecular weight is 299 g/mol. The highest BCUT2D eigenvalue weighted by atomic mass is 16.5. The molecule has 0 aliphatic heterocycles. The molecule has 0 saturated carbocycles. The molecule has 1 N–H and O–H groups in total. The molecule has 0 saturated heterocycles. The first kappa shape index (κ1) is 18.2. The maximum absolute atomic E-state index is 5.79. The van der Waals surface area contributed by atoms with Gasteiger partial charge < -0.3 is 23.9 Å². The Kier molecular flexibility index (Phi) is 9.34. The van der Waals surface area contributed by atoms with Gasteiger partial charge in [0, 0.05) is 7.11 Å². The van der Waals surface area contributed by atoms with E-state index in [0.29, 0.717) is 39.0 Å². The van der Waals surface area contributed by atoms with Crippen LogP contribution < -0.4 is 5.32 Å². The Labute approximate surface area is 127 Å². The number of ether oxygens (including phenoxy) is 3. The van der Waals surface area contributed by atoms with Crippen molar-refractivity contribution in [1.29, 1.82) is 0 Å². The molecule has 0 spiro atoms. The van der Waals surface area contributed by atoms with Crippen LogP contribution in [0.3, 0.4) is 0 Å². The second-order valence-corrected chi connectivity index (χ2v) is 5.50. The highest BCUT2D eigenvalue weighted by Gasteiger charge is 2.07. The first-order valence-corrected chi connectivity index (χ1v) is 7.56. The molecule has 0 fully saturated rings. The van der Waals surface area contributed by atoms with Crippen LogP contribution in [-0.2, 0) is 27.4 Å². The van der Waals surface area contributed by atoms with Crippen molar-refractivity contribution >= 4 is 0 Å². The van der Waals surface area contributed by atoms with Gasteiger partial charge in [-0.25, -0.2) is 0 Å². The molecule has 0 atom stereocenters. The molecular formula is C16H29NO4. The van der Waals surface area contributed by atoms with Crippen molar-refractivity contribution in [2.75, 3.05) is 40.1 Å². The first-order valence-electron chi connectivity index (χ1n) is 7.56. The van der Waals surface area contributed by atoms with Crippen LogP contribution in [0.1, 0.15) is 30.9 Å². The fraction of sp³-hybridized carbons (Fsp3) is 0.750. The molecule has 0 unspecified atom stereocenters. The van der Waals surface area contributed by atoms with E-state index in [1.165, 1.54) is 5.56 Å². The molecule has 1 aromatic heterocycles. The van der Waals surface area contributed by atoms with Gasteiger partial charge in [0.15, 0.2) is 0 Å². The summed E-state index contributed by atoms with van der Waals surface area (Å²) in [6.45, 7) is 11.0. The predicted octanol–water partition coefficient (Wildman–Crippen LogP) is 2.51. The number of furan rings is 1. The minimum absolute atomic E-state index is 0.485. The summed E-state index contributed by atoms with van der Waals surface area (Å²) in [4.78, 5) is 0. The molecule has 122 valence electrons. The second kappa shape index (κ2) is 10.8. The van der Waals surface area contributed by atoms with E-state index in [1.54, 1.807) is 7.11 Å². The van der Waals surface area contributed by atoms with Gasteiger partial charge in [-0.05, 0) is 31.0 Å². The van der Waals surface area contributed by atoms with Gasteiger partial charge in [-0.15, -0.1) is 0 Å². The van der Waals surface area contributed by atoms with Gasteiger partial charge in [-0.3, -0.25) is 0 Å². The Morgan fingerprint density at radius 2 is 1.86 bits per heavy atom. The number of hydrogen-bond donors (Lipinski definition) is 1. The zero-order valence-electron chi connectivity index (χ0n) is 13.7. The third-order valence-electron chi connectivity index (χ3n) is 2.96. The molecule has 1 rings (SSSR count). The molecule has 5 nitrogen and oxygen atoms in total. The van der Waals surface area contributed by atoms with Crippen molar-refractivity contribution < 1.29 is 18.6 Å². The smallest absolute Gasteiger partial charge is 0.130 e. The van der Waals surface area contributed by atoms with Gasteiger partial charge in [0.25, 0.3) is 0 Å². The van der Waals surface area contributed by atoms with Crippen molar-refractivity contribution in [3.05, 3.63) is 23.2 Å². The van der Waals surface area contributed by atoms with Crippen LogP contribution in [0.25, 0.3) is 0 Å². The number of rotatable bonds is 12. The standard InChI is InChI=1S/C16H29NO4/c1-13(2)10-17-11-16-14(3)9-15(21-16)12-20-8-7-19-6-5-18-4/h9,13,17H,5-8,10-12H2,1-4H3. The molecule has 0 amide bonds. The van der Waals surface area contributed by atoms with Crippen molar-refractivity contribution in [3.63, 3.8) is 0 Å². The first-order chi connectivity index (χ1) is 10.1. The molecule has 1 heterocycles. The molecule has 5 heteroatoms. The van der Waals surface area contributed by atoms with Gasteiger partial charge in [0.2, 0.25) is 0 Å². The third-order valence-corrected chi connectivity index (χ3v) is 2.96. The summed E-state index contributed by atoms with van der Waals surface area (Å²) >= 11 is 0. The number of nitrogens with one attached hydrogen (secondary N) is 1. The summed E-state index contributed by atoms with van der Waals surface area (Å²) in [7, 11) is 1.66. The molecule has 0 radical (unpaired) electrons. The topological polar surface area (TPSA) is 52.9 Å². The summed E-state index contributed by atoms with van der Waals surface area (Å²) in [5.41, 5.74) is 1.17. The Morgan fingerprint density at radius 3 is 2.57 bits per heavy atom. The Hall–Kier alpha value is -0.880. The average Bonchev–Trinajstić information content (AvgIpc) is 2.78. The van der Waals surface area contributed by atoms with Crippen molar-refractivity contribution in [3.8, 4) is 0 Å². The predicted molar refractivity (Wildman–Crippen MR) is 82.3 cm³/mol. The van der Waals surface area contributed by atoms with Crippen LogP contribution >= 0.6 is 0 Å². The van der Waals surface area contributed by atoms with Crippen LogP contribution in [-0.4, -0.2) is 40.1 Å². The van der Waals surface area contributed by atoms with Crippen LogP contribution in [0.2, 0.25) is 0 Å². The lowest BCUT2D eigenvalue weighted by Gasteiger charge is -2.06. The fourth-order valence-electron chi connectivity index (χ4n) is 1.85. The highest BCUT2D eigenvalue weighted by Crippen LogP contribution is 2.15. The maximum Gasteiger partial charge on any atom is 0.130 e. The Morgan fingerprint density at radius 1 is 1.14 bits per heavy atom. The normalized spacial score (nSPS) is 11.5. The summed E-state index contributed by atoms with van der Waals surface area (Å²) < 4.78 is 21.5. The van der Waals surface area contributed by atoms with E-state index in [1.807, 2.05) is 6.07 Å². The zero-order valence-corrected chi connectivity index (χ0v) is 13.7. The lowest BCUT2D eigenvalue weighted by atomic mass is 10.2. The maximum atomic E-state index is 5.79. The van der Waals surface area contributed by atoms with Crippen LogP contribution in [0, 0.1) is 12.8 Å². The number of aryl methyl sites for hydroxylation is 1. The van der Waals surface area contributed by atoms with Crippen molar-refractivity contribution in [1.82, 2.24) is 5.32 Å². The quantitative estimate of drug-likeness (QED) is 0.601. The molecule has 0 aliphatic carbocycles. The van der Waals surface area contributed by atoms with E-state index in [2.05, 4.69) is 26.1 Å². The van der Waals surface area contributed by atoms with Crippen molar-refractivity contribution in [2.45, 2.75) is 33.9 Å². The monoisotopic (exact) mass is 299 g/mol. The van der Waals surface area contributed by atoms with Crippen molar-refractivity contribution in [2.24, 2.45) is 5.92 Å². The van der Waals surface area contributed by atoms with Gasteiger partial charge in [0.1, 0.15) is 18.1 Å². The van der Waals surface area contributed by atoms with E-state index in [0.717, 1.165) is 24.6 Å². The summed E-state index contributed by atoms with van der Waals surface area (Å²) in [5, 5.41) is 3.38. The summed E-state index contributed by atoms with van der Waals surface area (Å²) in [6, 6.07) is 2.04. The molecule has 21 heavy (non-hydrogen) atoms. The second-order valence-electron chi connectivity index (χ2n) is 5.50. The lowest BCUT2D eigenvalue weighted by Crippen LogP contribution is -2.18. The molecule has 0 aliphatic rings. The van der Waals surface area contributed by atoms with E-state index in [4.69, 9.17) is 18.6 Å². The molecular weight excluding hydrogens is 270 g/mol. The van der Waals surface area contributed by atoms with Crippen LogP contribution in [0.4, 0.5) is 0 Å². The van der Waals surface area contributed by atoms with E-state index in [-0.39, 0.29) is 0 Å². The minimum Gasteiger partial charge on any atom is -0.462 e. The third kappa shape index (κ3) is 8.21. The summed E-state index contributed by atoms with van der Waals surface area (Å²) in [5.74, 6) is 2.50. The van der Waals surface area contributed by atoms with Crippen LogP contribution in [0.5, 0.6) is 0 Å². The van der Waals surface area contributed by atoms with E-state index >= 15 is 0 Å². The SMILES string of the molecule is COCCOCCOCc1cc(C)c(CNCC(C)C)o1. The Bertz CT molecular complexity index is 376. The van der Waals surface area contributed by atoms with Gasteiger partial charge in [0.05, 0.1) is 33.0 Å². The molecule has 0 bridgehead atoms. The van der Waals surface area contributed by atoms with Gasteiger partial charge in [-0.2, -0.15) is 0 Å². The van der Waals surface area contributed by atoms with E-state index in [9.17, 15) is 0 Å². The Balaban J connectivity index is 2.18. The molecule has 1 aromatic rings. The summed E-state index contributed by atoms with van der Waals surface area (Å²) in [6.07, 6.45) is 0. The zero-order chi connectivity index (χ0) is 15.5. The van der Waals surface area contributed by atoms with Gasteiger partial charge >= 0.3 is 0 Å². The highest BCUT2D eigenvalue weighted by molar-refractivity contribution is 5.19. The van der Waals surface area contributed by atoms with Gasteiger partial charge in [-0.1, -0.05) is 13.8 Å². The largest absolute Gasteiger partial charge is 0.462 e. The number of hydrogen-bond acceptors (Lipinski definition) is 5. The van der Waals surface area contributed by atoms with Crippen LogP contribution in [0.15, 0.2) is 10.5 Å². The lowest BCUT2D eigenvalue weighted by molar-refractivity contribution is 0.0159. The minimum atomic E-state index is 0.485. The fourth-order valence-corrected chi connectivity index (χ4v) is 1.85. The number of methoxy groups -OCH3 is 1. The van der Waals surface area contributed by atoms with E-state index < -0.39 is 0 Å². The molecule has 0 aromatic carbocycles.